The highest BCUT2D eigenvalue weighted by Gasteiger charge is 2.11. The first-order valence-corrected chi connectivity index (χ1v) is 5.14. The first-order chi connectivity index (χ1) is 5.79. The van der Waals surface area contributed by atoms with Crippen LogP contribution in [0, 0.1) is 0 Å². The van der Waals surface area contributed by atoms with Gasteiger partial charge < -0.3 is 10.0 Å². The molecule has 1 N–H and O–H groups in total. The second-order valence-corrected chi connectivity index (χ2v) is 3.18. The van der Waals surface area contributed by atoms with Gasteiger partial charge >= 0.3 is 0 Å². The number of aliphatic hydroxyl groups excluding tert-OH is 1. The van der Waals surface area contributed by atoms with Crippen LogP contribution in [-0.4, -0.2) is 35.7 Å². The van der Waals surface area contributed by atoms with Gasteiger partial charge in [0.15, 0.2) is 0 Å². The largest absolute Gasteiger partial charge is 0.396 e. The third kappa shape index (κ3) is 4.07. The molecule has 0 bridgehead atoms. The molecule has 0 aromatic heterocycles. The fourth-order valence-electron chi connectivity index (χ4n) is 1.68. The molecular formula is C10H23NO. The Morgan fingerprint density at radius 2 is 1.75 bits per heavy atom. The Hall–Kier alpha value is -0.0800. The van der Waals surface area contributed by atoms with Crippen LogP contribution >= 0.6 is 0 Å². The van der Waals surface area contributed by atoms with Crippen molar-refractivity contribution in [2.45, 2.75) is 46.1 Å². The van der Waals surface area contributed by atoms with Gasteiger partial charge in [0.1, 0.15) is 0 Å². The first kappa shape index (κ1) is 11.9. The molecule has 0 heterocycles. The third-order valence-electron chi connectivity index (χ3n) is 2.47. The Balaban J connectivity index is 3.75. The predicted octanol–water partition coefficient (Wildman–Crippen LogP) is 1.88. The molecule has 2 heteroatoms. The van der Waals surface area contributed by atoms with Crippen LogP contribution in [0.5, 0.6) is 0 Å². The van der Waals surface area contributed by atoms with Gasteiger partial charge in [0.05, 0.1) is 0 Å². The van der Waals surface area contributed by atoms with E-state index in [9.17, 15) is 0 Å². The van der Waals surface area contributed by atoms with Gasteiger partial charge in [0.25, 0.3) is 0 Å². The maximum atomic E-state index is 8.71. The third-order valence-corrected chi connectivity index (χ3v) is 2.47. The number of nitrogens with zero attached hydrogens (tertiary/aromatic N) is 1. The average Bonchev–Trinajstić information content (AvgIpc) is 2.12. The van der Waals surface area contributed by atoms with Gasteiger partial charge in [0.2, 0.25) is 0 Å². The normalized spacial score (nSPS) is 11.5. The van der Waals surface area contributed by atoms with E-state index in [2.05, 4.69) is 25.7 Å². The van der Waals surface area contributed by atoms with E-state index in [4.69, 9.17) is 5.11 Å². The first-order valence-electron chi connectivity index (χ1n) is 5.14. The van der Waals surface area contributed by atoms with Gasteiger partial charge in [-0.15, -0.1) is 0 Å². The summed E-state index contributed by atoms with van der Waals surface area (Å²) in [6.45, 7) is 9.11. The molecule has 0 saturated carbocycles. The average molecular weight is 173 g/mol. The van der Waals surface area contributed by atoms with Crippen LogP contribution < -0.4 is 0 Å². The molecule has 12 heavy (non-hydrogen) atoms. The van der Waals surface area contributed by atoms with Crippen LogP contribution in [0.25, 0.3) is 0 Å². The molecule has 0 aliphatic carbocycles. The van der Waals surface area contributed by atoms with E-state index in [1.54, 1.807) is 0 Å². The standard InChI is InChI=1S/C10H23NO/c1-4-10(5-2)11(6-3)8-7-9-12/h10,12H,4-9H2,1-3H3. The summed E-state index contributed by atoms with van der Waals surface area (Å²) < 4.78 is 0. The van der Waals surface area contributed by atoms with Gasteiger partial charge in [-0.05, 0) is 25.8 Å². The Morgan fingerprint density at radius 3 is 2.08 bits per heavy atom. The number of hydrogen-bond donors (Lipinski definition) is 1. The quantitative estimate of drug-likeness (QED) is 0.635. The highest BCUT2D eigenvalue weighted by molar-refractivity contribution is 4.67. The summed E-state index contributed by atoms with van der Waals surface area (Å²) in [7, 11) is 0. The van der Waals surface area contributed by atoms with Crippen molar-refractivity contribution in [3.63, 3.8) is 0 Å². The molecule has 2 nitrogen and oxygen atoms in total. The SMILES string of the molecule is CCC(CC)N(CC)CCCO. The number of hydrogen-bond acceptors (Lipinski definition) is 2. The molecule has 0 spiro atoms. The molecule has 0 aromatic rings. The second kappa shape index (κ2) is 7.56. The Bertz CT molecular complexity index is 91.8. The summed E-state index contributed by atoms with van der Waals surface area (Å²) in [5.41, 5.74) is 0. The van der Waals surface area contributed by atoms with Crippen LogP contribution in [0.1, 0.15) is 40.0 Å². The minimum Gasteiger partial charge on any atom is -0.396 e. The zero-order valence-corrected chi connectivity index (χ0v) is 8.71. The summed E-state index contributed by atoms with van der Waals surface area (Å²) in [6.07, 6.45) is 3.34. The van der Waals surface area contributed by atoms with Crippen LogP contribution in [0.3, 0.4) is 0 Å². The Morgan fingerprint density at radius 1 is 1.17 bits per heavy atom. The van der Waals surface area contributed by atoms with Crippen LogP contribution in [0.2, 0.25) is 0 Å². The molecule has 0 fully saturated rings. The molecule has 0 amide bonds. The zero-order valence-electron chi connectivity index (χ0n) is 8.71. The van der Waals surface area contributed by atoms with Gasteiger partial charge in [0, 0.05) is 19.2 Å². The summed E-state index contributed by atoms with van der Waals surface area (Å²) in [5.74, 6) is 0. The smallest absolute Gasteiger partial charge is 0.0443 e. The second-order valence-electron chi connectivity index (χ2n) is 3.18. The molecule has 0 rings (SSSR count). The number of rotatable bonds is 7. The Kier molecular flexibility index (Phi) is 7.51. The minimum atomic E-state index is 0.316. The lowest BCUT2D eigenvalue weighted by Gasteiger charge is -2.28. The zero-order chi connectivity index (χ0) is 9.40. The van der Waals surface area contributed by atoms with Crippen LogP contribution in [0.4, 0.5) is 0 Å². The summed E-state index contributed by atoms with van der Waals surface area (Å²) in [5, 5.41) is 8.71. The maximum Gasteiger partial charge on any atom is 0.0443 e. The van der Waals surface area contributed by atoms with E-state index in [1.807, 2.05) is 0 Å². The summed E-state index contributed by atoms with van der Waals surface area (Å²) >= 11 is 0. The molecule has 0 aromatic carbocycles. The fraction of sp³-hybridized carbons (Fsp3) is 1.00. The summed E-state index contributed by atoms with van der Waals surface area (Å²) in [6, 6.07) is 0.710. The van der Waals surface area contributed by atoms with Crippen molar-refractivity contribution in [1.29, 1.82) is 0 Å². The molecule has 0 aliphatic rings. The predicted molar refractivity (Wildman–Crippen MR) is 53.3 cm³/mol. The van der Waals surface area contributed by atoms with E-state index in [0.29, 0.717) is 12.6 Å². The van der Waals surface area contributed by atoms with Crippen molar-refractivity contribution in [1.82, 2.24) is 4.90 Å². The van der Waals surface area contributed by atoms with Crippen molar-refractivity contribution < 1.29 is 5.11 Å². The molecule has 0 saturated heterocycles. The fourth-order valence-corrected chi connectivity index (χ4v) is 1.68. The van der Waals surface area contributed by atoms with Crippen molar-refractivity contribution in [2.24, 2.45) is 0 Å². The van der Waals surface area contributed by atoms with Crippen LogP contribution in [-0.2, 0) is 0 Å². The number of aliphatic hydroxyl groups is 1. The van der Waals surface area contributed by atoms with Crippen LogP contribution in [0.15, 0.2) is 0 Å². The van der Waals surface area contributed by atoms with Crippen molar-refractivity contribution >= 4 is 0 Å². The lowest BCUT2D eigenvalue weighted by atomic mass is 10.1. The van der Waals surface area contributed by atoms with E-state index in [1.165, 1.54) is 12.8 Å². The molecule has 0 aliphatic heterocycles. The van der Waals surface area contributed by atoms with E-state index in [0.717, 1.165) is 19.5 Å². The lowest BCUT2D eigenvalue weighted by Crippen LogP contribution is -2.35. The van der Waals surface area contributed by atoms with Gasteiger partial charge in [-0.1, -0.05) is 20.8 Å². The maximum absolute atomic E-state index is 8.71. The lowest BCUT2D eigenvalue weighted by molar-refractivity contribution is 0.173. The molecular weight excluding hydrogens is 150 g/mol. The van der Waals surface area contributed by atoms with E-state index >= 15 is 0 Å². The molecule has 0 atom stereocenters. The van der Waals surface area contributed by atoms with Crippen molar-refractivity contribution in [3.8, 4) is 0 Å². The highest BCUT2D eigenvalue weighted by atomic mass is 16.3. The summed E-state index contributed by atoms with van der Waals surface area (Å²) in [4.78, 5) is 2.45. The topological polar surface area (TPSA) is 23.5 Å². The highest BCUT2D eigenvalue weighted by Crippen LogP contribution is 2.08. The van der Waals surface area contributed by atoms with Gasteiger partial charge in [-0.2, -0.15) is 0 Å². The minimum absolute atomic E-state index is 0.316. The molecule has 0 unspecified atom stereocenters. The molecule has 0 radical (unpaired) electrons. The van der Waals surface area contributed by atoms with E-state index in [-0.39, 0.29) is 0 Å². The molecule has 74 valence electrons. The Labute approximate surface area is 76.6 Å². The van der Waals surface area contributed by atoms with Crippen molar-refractivity contribution in [3.05, 3.63) is 0 Å². The van der Waals surface area contributed by atoms with Gasteiger partial charge in [-0.25, -0.2) is 0 Å². The monoisotopic (exact) mass is 173 g/mol. The van der Waals surface area contributed by atoms with E-state index < -0.39 is 0 Å². The van der Waals surface area contributed by atoms with Gasteiger partial charge in [-0.3, -0.25) is 0 Å². The van der Waals surface area contributed by atoms with Crippen molar-refractivity contribution in [2.75, 3.05) is 19.7 Å².